The molecule has 2 aromatic heterocycles. The summed E-state index contributed by atoms with van der Waals surface area (Å²) in [6.45, 7) is 4.43. The van der Waals surface area contributed by atoms with Gasteiger partial charge in [-0.2, -0.15) is 0 Å². The van der Waals surface area contributed by atoms with Crippen LogP contribution >= 0.6 is 22.9 Å². The van der Waals surface area contributed by atoms with Crippen LogP contribution < -0.4 is 11.1 Å². The largest absolute Gasteiger partial charge is 0.386 e. The molecule has 0 aromatic carbocycles. The Hall–Kier alpha value is -1.64. The molecule has 29 heavy (non-hydrogen) atoms. The summed E-state index contributed by atoms with van der Waals surface area (Å²) < 4.78 is 25.2. The molecule has 1 saturated carbocycles. The summed E-state index contributed by atoms with van der Waals surface area (Å²) in [7, 11) is -3.40. The zero-order valence-electron chi connectivity index (χ0n) is 16.5. The van der Waals surface area contributed by atoms with Crippen molar-refractivity contribution in [3.8, 4) is 0 Å². The minimum Gasteiger partial charge on any atom is -0.386 e. The van der Waals surface area contributed by atoms with Gasteiger partial charge in [0.15, 0.2) is 9.84 Å². The Morgan fingerprint density at radius 1 is 1.34 bits per heavy atom. The first-order chi connectivity index (χ1) is 13.7. The Bertz CT molecular complexity index is 1080. The van der Waals surface area contributed by atoms with Gasteiger partial charge < -0.3 is 11.1 Å². The van der Waals surface area contributed by atoms with Gasteiger partial charge in [-0.1, -0.05) is 24.6 Å². The lowest BCUT2D eigenvalue weighted by Gasteiger charge is -2.46. The van der Waals surface area contributed by atoms with Gasteiger partial charge >= 0.3 is 0 Å². The number of amidine groups is 1. The lowest BCUT2D eigenvalue weighted by molar-refractivity contribution is 0.393. The highest BCUT2D eigenvalue weighted by molar-refractivity contribution is 7.93. The van der Waals surface area contributed by atoms with Crippen molar-refractivity contribution < 1.29 is 8.42 Å². The second-order valence-corrected chi connectivity index (χ2v) is 11.8. The van der Waals surface area contributed by atoms with E-state index in [4.69, 9.17) is 17.3 Å². The van der Waals surface area contributed by atoms with Gasteiger partial charge in [0.05, 0.1) is 22.2 Å². The number of rotatable bonds is 5. The van der Waals surface area contributed by atoms with Crippen LogP contribution in [0.4, 0.5) is 5.82 Å². The number of nitrogens with one attached hydrogen (secondary N) is 1. The van der Waals surface area contributed by atoms with Gasteiger partial charge in [-0.3, -0.25) is 4.99 Å². The van der Waals surface area contributed by atoms with E-state index < -0.39 is 20.1 Å². The van der Waals surface area contributed by atoms with E-state index in [2.05, 4.69) is 22.2 Å². The van der Waals surface area contributed by atoms with Gasteiger partial charge in [-0.15, -0.1) is 11.3 Å². The summed E-state index contributed by atoms with van der Waals surface area (Å²) in [6.07, 6.45) is 2.88. The first-order valence-electron chi connectivity index (χ1n) is 9.76. The fraction of sp³-hybridized carbons (Fsp3) is 0.500. The van der Waals surface area contributed by atoms with Gasteiger partial charge in [0, 0.05) is 10.6 Å². The minimum atomic E-state index is -3.40. The van der Waals surface area contributed by atoms with Crippen molar-refractivity contribution in [3.63, 3.8) is 0 Å². The normalized spacial score (nSPS) is 24.7. The van der Waals surface area contributed by atoms with Crippen molar-refractivity contribution in [3.05, 3.63) is 44.7 Å². The molecule has 6 nitrogen and oxygen atoms in total. The molecule has 0 amide bonds. The molecule has 1 spiro atoms. The number of aliphatic imine (C=N–C) groups is 1. The molecule has 1 atom stereocenters. The number of aryl methyl sites for hydroxylation is 1. The van der Waals surface area contributed by atoms with E-state index in [1.807, 2.05) is 31.2 Å². The fourth-order valence-corrected chi connectivity index (χ4v) is 8.26. The van der Waals surface area contributed by atoms with Gasteiger partial charge in [0.1, 0.15) is 21.9 Å². The van der Waals surface area contributed by atoms with Crippen LogP contribution in [0.1, 0.15) is 48.6 Å². The molecule has 3 N–H and O–H groups in total. The average molecular weight is 453 g/mol. The molecule has 2 aliphatic rings. The van der Waals surface area contributed by atoms with E-state index in [0.717, 1.165) is 34.1 Å². The SMILES string of the molecule is CCc1cccc(NCc2cc(Cl)c(C3(C)CS(=O)(=O)C4(CCC4)C(N)=N3)s2)n1. The number of thiophene rings is 1. The molecule has 4 rings (SSSR count). The molecule has 0 radical (unpaired) electrons. The summed E-state index contributed by atoms with van der Waals surface area (Å²) in [6, 6.07) is 7.76. The zero-order chi connectivity index (χ0) is 20.9. The standard InChI is InChI=1S/C20H25ClN4O2S2/c1-3-13-6-4-7-16(24-13)23-11-14-10-15(21)17(28-14)19(2)12-29(26,27)20(8-5-9-20)18(22)25-19/h4,6-7,10H,3,5,8-9,11-12H2,1-2H3,(H2,22,25)(H,23,24). The number of sulfone groups is 1. The number of hydrogen-bond donors (Lipinski definition) is 2. The Labute approximate surface area is 180 Å². The van der Waals surface area contributed by atoms with Crippen LogP contribution in [0.25, 0.3) is 0 Å². The number of anilines is 1. The van der Waals surface area contributed by atoms with Crippen molar-refractivity contribution in [1.29, 1.82) is 0 Å². The van der Waals surface area contributed by atoms with E-state index in [1.165, 1.54) is 11.3 Å². The summed E-state index contributed by atoms with van der Waals surface area (Å²) in [5.41, 5.74) is 6.26. The average Bonchev–Trinajstić information content (AvgIpc) is 2.99. The topological polar surface area (TPSA) is 97.4 Å². The number of nitrogens with two attached hydrogens (primary N) is 1. The number of hydrogen-bond acceptors (Lipinski definition) is 7. The smallest absolute Gasteiger partial charge is 0.165 e. The van der Waals surface area contributed by atoms with E-state index in [1.54, 1.807) is 0 Å². The van der Waals surface area contributed by atoms with Crippen molar-refractivity contribution in [2.24, 2.45) is 10.7 Å². The molecule has 3 heterocycles. The highest BCUT2D eigenvalue weighted by Crippen LogP contribution is 2.49. The lowest BCUT2D eigenvalue weighted by atomic mass is 9.82. The van der Waals surface area contributed by atoms with E-state index in [-0.39, 0.29) is 11.6 Å². The van der Waals surface area contributed by atoms with Gasteiger partial charge in [0.2, 0.25) is 0 Å². The molecule has 0 bridgehead atoms. The Morgan fingerprint density at radius 3 is 2.72 bits per heavy atom. The predicted molar refractivity (Wildman–Crippen MR) is 120 cm³/mol. The van der Waals surface area contributed by atoms with Crippen LogP contribution in [0.3, 0.4) is 0 Å². The molecule has 1 aliphatic heterocycles. The van der Waals surface area contributed by atoms with Crippen LogP contribution in [0.15, 0.2) is 29.3 Å². The zero-order valence-corrected chi connectivity index (χ0v) is 18.9. The molecule has 156 valence electrons. The highest BCUT2D eigenvalue weighted by Gasteiger charge is 2.58. The van der Waals surface area contributed by atoms with E-state index in [0.29, 0.717) is 24.4 Å². The number of nitrogens with zero attached hydrogens (tertiary/aromatic N) is 2. The quantitative estimate of drug-likeness (QED) is 0.717. The van der Waals surface area contributed by atoms with Crippen LogP contribution in [0.2, 0.25) is 5.02 Å². The predicted octanol–water partition coefficient (Wildman–Crippen LogP) is 3.89. The minimum absolute atomic E-state index is 0.0616. The summed E-state index contributed by atoms with van der Waals surface area (Å²) in [4.78, 5) is 11.0. The maximum atomic E-state index is 13.1. The van der Waals surface area contributed by atoms with Crippen LogP contribution in [0, 0.1) is 0 Å². The van der Waals surface area contributed by atoms with Crippen LogP contribution in [-0.2, 0) is 28.3 Å². The molecule has 9 heteroatoms. The molecular formula is C20H25ClN4O2S2. The van der Waals surface area contributed by atoms with Gasteiger partial charge in [0.25, 0.3) is 0 Å². The molecule has 1 aliphatic carbocycles. The van der Waals surface area contributed by atoms with Crippen LogP contribution in [0.5, 0.6) is 0 Å². The van der Waals surface area contributed by atoms with Crippen molar-refractivity contribution >= 4 is 44.4 Å². The third-order valence-corrected chi connectivity index (χ3v) is 10.4. The monoisotopic (exact) mass is 452 g/mol. The van der Waals surface area contributed by atoms with Crippen molar-refractivity contribution in [2.75, 3.05) is 11.1 Å². The summed E-state index contributed by atoms with van der Waals surface area (Å²) in [5, 5.41) is 3.84. The third kappa shape index (κ3) is 3.45. The van der Waals surface area contributed by atoms with Crippen LogP contribution in [-0.4, -0.2) is 29.7 Å². The molecule has 1 unspecified atom stereocenters. The first-order valence-corrected chi connectivity index (χ1v) is 12.6. The first kappa shape index (κ1) is 20.6. The van der Waals surface area contributed by atoms with Crippen molar-refractivity contribution in [1.82, 2.24) is 4.98 Å². The number of halogens is 1. The maximum absolute atomic E-state index is 13.1. The highest BCUT2D eigenvalue weighted by atomic mass is 35.5. The second kappa shape index (κ2) is 7.25. The summed E-state index contributed by atoms with van der Waals surface area (Å²) >= 11 is 7.99. The number of aromatic nitrogens is 1. The Morgan fingerprint density at radius 2 is 2.10 bits per heavy atom. The van der Waals surface area contributed by atoms with E-state index >= 15 is 0 Å². The molecule has 0 saturated heterocycles. The lowest BCUT2D eigenvalue weighted by Crippen LogP contribution is -2.61. The van der Waals surface area contributed by atoms with E-state index in [9.17, 15) is 8.42 Å². The summed E-state index contributed by atoms with van der Waals surface area (Å²) in [5.74, 6) is 0.978. The van der Waals surface area contributed by atoms with Crippen molar-refractivity contribution in [2.45, 2.75) is 56.4 Å². The fourth-order valence-electron chi connectivity index (χ4n) is 4.07. The molecule has 1 fully saturated rings. The molecule has 2 aromatic rings. The molecular weight excluding hydrogens is 428 g/mol. The maximum Gasteiger partial charge on any atom is 0.165 e. The Kier molecular flexibility index (Phi) is 5.16. The third-order valence-electron chi connectivity index (χ3n) is 5.90. The second-order valence-electron chi connectivity index (χ2n) is 7.99. The Balaban J connectivity index is 1.59. The number of pyridine rings is 1. The van der Waals surface area contributed by atoms with Gasteiger partial charge in [-0.05, 0) is 50.8 Å². The van der Waals surface area contributed by atoms with Gasteiger partial charge in [-0.25, -0.2) is 13.4 Å².